The zero-order valence-electron chi connectivity index (χ0n) is 18.7. The van der Waals surface area contributed by atoms with Crippen LogP contribution >= 0.6 is 12.6 Å². The predicted molar refractivity (Wildman–Crippen MR) is 131 cm³/mol. The average Bonchev–Trinajstić information content (AvgIpc) is 3.50. The van der Waals surface area contributed by atoms with Gasteiger partial charge in [0.15, 0.2) is 0 Å². The lowest BCUT2D eigenvalue weighted by Crippen LogP contribution is -2.55. The SMILES string of the molecule is NC(Cc1cnc[nH]1)C(=O)NCC(=O)NC(CS)C(=O)NC(Cc1c[nH]c2ccccc12)C(=O)O. The van der Waals surface area contributed by atoms with Gasteiger partial charge in [0.25, 0.3) is 0 Å². The lowest BCUT2D eigenvalue weighted by Gasteiger charge is -2.20. The van der Waals surface area contributed by atoms with Crippen molar-refractivity contribution in [3.8, 4) is 0 Å². The number of fused-ring (bicyclic) bond motifs is 1. The molecule has 1 aromatic carbocycles. The molecule has 0 aliphatic carbocycles. The number of carbonyl (C=O) groups is 4. The van der Waals surface area contributed by atoms with Crippen molar-refractivity contribution < 1.29 is 24.3 Å². The van der Waals surface area contributed by atoms with Crippen LogP contribution in [-0.4, -0.2) is 74.2 Å². The summed E-state index contributed by atoms with van der Waals surface area (Å²) in [6, 6.07) is 4.19. The third-order valence-corrected chi connectivity index (χ3v) is 5.67. The molecule has 0 aliphatic heterocycles. The number of thiol groups is 1. The quantitative estimate of drug-likeness (QED) is 0.147. The van der Waals surface area contributed by atoms with Gasteiger partial charge in [-0.05, 0) is 11.6 Å². The zero-order valence-corrected chi connectivity index (χ0v) is 19.5. The number of hydrogen-bond acceptors (Lipinski definition) is 7. The summed E-state index contributed by atoms with van der Waals surface area (Å²) in [5, 5.41) is 17.8. The van der Waals surface area contributed by atoms with Gasteiger partial charge in [-0.15, -0.1) is 0 Å². The number of hydrogen-bond donors (Lipinski definition) is 8. The van der Waals surface area contributed by atoms with Crippen LogP contribution in [0, 0.1) is 0 Å². The molecule has 0 saturated heterocycles. The van der Waals surface area contributed by atoms with E-state index >= 15 is 0 Å². The van der Waals surface area contributed by atoms with Crippen LogP contribution in [0.1, 0.15) is 11.3 Å². The monoisotopic (exact) mass is 501 g/mol. The van der Waals surface area contributed by atoms with Crippen molar-refractivity contribution in [3.05, 3.63) is 54.2 Å². The summed E-state index contributed by atoms with van der Waals surface area (Å²) in [7, 11) is 0. The van der Waals surface area contributed by atoms with Gasteiger partial charge < -0.3 is 36.8 Å². The number of nitrogens with zero attached hydrogens (tertiary/aromatic N) is 1. The fourth-order valence-electron chi connectivity index (χ4n) is 3.46. The molecule has 13 heteroatoms. The van der Waals surface area contributed by atoms with Gasteiger partial charge in [-0.1, -0.05) is 18.2 Å². The second-order valence-corrected chi connectivity index (χ2v) is 8.24. The summed E-state index contributed by atoms with van der Waals surface area (Å²) in [5.74, 6) is -3.20. The minimum absolute atomic E-state index is 0.0442. The number of carbonyl (C=O) groups excluding carboxylic acids is 3. The standard InChI is InChI=1S/C22H27N7O5S/c23-15(6-13-8-24-11-27-13)20(31)26-9-19(30)28-18(10-35)21(32)29-17(22(33)34)5-12-7-25-16-4-2-1-3-14(12)16/h1-4,7-8,11,15,17-18,25,35H,5-6,9-10,23H2,(H,24,27)(H,26,31)(H,28,30)(H,29,32)(H,33,34). The molecule has 0 bridgehead atoms. The van der Waals surface area contributed by atoms with Gasteiger partial charge in [-0.25, -0.2) is 9.78 Å². The van der Waals surface area contributed by atoms with E-state index in [9.17, 15) is 24.3 Å². The van der Waals surface area contributed by atoms with Crippen molar-refractivity contribution in [1.29, 1.82) is 0 Å². The molecule has 0 spiro atoms. The molecule has 0 fully saturated rings. The van der Waals surface area contributed by atoms with Crippen molar-refractivity contribution in [2.24, 2.45) is 5.73 Å². The molecule has 3 atom stereocenters. The van der Waals surface area contributed by atoms with E-state index in [2.05, 4.69) is 43.5 Å². The highest BCUT2D eigenvalue weighted by Crippen LogP contribution is 2.19. The molecule has 0 saturated carbocycles. The van der Waals surface area contributed by atoms with Crippen LogP contribution < -0.4 is 21.7 Å². The molecule has 3 unspecified atom stereocenters. The topological polar surface area (TPSA) is 195 Å². The highest BCUT2D eigenvalue weighted by atomic mass is 32.1. The maximum absolute atomic E-state index is 12.7. The Morgan fingerprint density at radius 1 is 1.06 bits per heavy atom. The first-order chi connectivity index (χ1) is 16.8. The van der Waals surface area contributed by atoms with Crippen molar-refractivity contribution in [2.45, 2.75) is 31.0 Å². The number of rotatable bonds is 12. The van der Waals surface area contributed by atoms with E-state index in [4.69, 9.17) is 5.73 Å². The van der Waals surface area contributed by atoms with Gasteiger partial charge >= 0.3 is 5.97 Å². The first-order valence-corrected chi connectivity index (χ1v) is 11.4. The van der Waals surface area contributed by atoms with Gasteiger partial charge in [0.2, 0.25) is 17.7 Å². The Kier molecular flexibility index (Phi) is 8.86. The van der Waals surface area contributed by atoms with Crippen LogP contribution in [-0.2, 0) is 32.0 Å². The molecule has 0 aliphatic rings. The Hall–Kier alpha value is -3.84. The van der Waals surface area contributed by atoms with Crippen molar-refractivity contribution in [3.63, 3.8) is 0 Å². The second-order valence-electron chi connectivity index (χ2n) is 7.87. The minimum atomic E-state index is -1.22. The Morgan fingerprint density at radius 2 is 1.83 bits per heavy atom. The van der Waals surface area contributed by atoms with Crippen LogP contribution in [0.2, 0.25) is 0 Å². The molecule has 3 amide bonds. The van der Waals surface area contributed by atoms with E-state index in [1.54, 1.807) is 12.4 Å². The van der Waals surface area contributed by atoms with Crippen LogP contribution in [0.15, 0.2) is 43.0 Å². The molecule has 3 aromatic rings. The van der Waals surface area contributed by atoms with Crippen molar-refractivity contribution >= 4 is 47.2 Å². The summed E-state index contributed by atoms with van der Waals surface area (Å²) in [6.45, 7) is -0.412. The van der Waals surface area contributed by atoms with E-state index in [1.165, 1.54) is 6.33 Å². The predicted octanol–water partition coefficient (Wildman–Crippen LogP) is -0.896. The van der Waals surface area contributed by atoms with Gasteiger partial charge in [0, 0.05) is 47.6 Å². The number of nitrogens with two attached hydrogens (primary N) is 1. The summed E-state index contributed by atoms with van der Waals surface area (Å²) in [5.41, 5.74) is 8.07. The van der Waals surface area contributed by atoms with Crippen LogP contribution in [0.5, 0.6) is 0 Å². The molecule has 2 aromatic heterocycles. The zero-order chi connectivity index (χ0) is 25.4. The number of aromatic amines is 2. The Balaban J connectivity index is 1.52. The van der Waals surface area contributed by atoms with Gasteiger partial charge in [-0.2, -0.15) is 12.6 Å². The smallest absolute Gasteiger partial charge is 0.326 e. The molecule has 35 heavy (non-hydrogen) atoms. The number of aliphatic carboxylic acids is 1. The van der Waals surface area contributed by atoms with Crippen LogP contribution in [0.25, 0.3) is 10.9 Å². The molecular formula is C22H27N7O5S. The maximum atomic E-state index is 12.7. The van der Waals surface area contributed by atoms with E-state index in [1.807, 2.05) is 24.3 Å². The number of amides is 3. The normalized spacial score (nSPS) is 13.5. The minimum Gasteiger partial charge on any atom is -0.480 e. The fraction of sp³-hybridized carbons (Fsp3) is 0.318. The number of carboxylic acids is 1. The maximum Gasteiger partial charge on any atom is 0.326 e. The third-order valence-electron chi connectivity index (χ3n) is 5.30. The Labute approximate surface area is 205 Å². The van der Waals surface area contributed by atoms with Gasteiger partial charge in [-0.3, -0.25) is 14.4 Å². The number of aromatic nitrogens is 3. The third kappa shape index (κ3) is 7.07. The molecule has 2 heterocycles. The summed E-state index contributed by atoms with van der Waals surface area (Å²) in [4.78, 5) is 58.6. The van der Waals surface area contributed by atoms with Crippen molar-refractivity contribution in [2.75, 3.05) is 12.3 Å². The summed E-state index contributed by atoms with van der Waals surface area (Å²) < 4.78 is 0. The first-order valence-electron chi connectivity index (χ1n) is 10.8. The number of benzene rings is 1. The van der Waals surface area contributed by atoms with Crippen molar-refractivity contribution in [1.82, 2.24) is 30.9 Å². The number of imidazole rings is 1. The number of carboxylic acid groups (broad SMARTS) is 1. The average molecular weight is 502 g/mol. The van der Waals surface area contributed by atoms with Crippen LogP contribution in [0.4, 0.5) is 0 Å². The number of nitrogens with one attached hydrogen (secondary N) is 5. The highest BCUT2D eigenvalue weighted by Gasteiger charge is 2.27. The van der Waals surface area contributed by atoms with E-state index in [0.717, 1.165) is 16.5 Å². The largest absolute Gasteiger partial charge is 0.480 e. The summed E-state index contributed by atoms with van der Waals surface area (Å²) in [6.07, 6.45) is 4.96. The molecule has 3 rings (SSSR count). The molecule has 186 valence electrons. The number of H-pyrrole nitrogens is 2. The lowest BCUT2D eigenvalue weighted by molar-refractivity contribution is -0.142. The highest BCUT2D eigenvalue weighted by molar-refractivity contribution is 7.80. The molecule has 12 nitrogen and oxygen atoms in total. The van der Waals surface area contributed by atoms with E-state index < -0.39 is 48.4 Å². The molecular weight excluding hydrogens is 474 g/mol. The Bertz CT molecular complexity index is 1180. The van der Waals surface area contributed by atoms with E-state index in [-0.39, 0.29) is 18.6 Å². The van der Waals surface area contributed by atoms with Crippen LogP contribution in [0.3, 0.4) is 0 Å². The molecule has 0 radical (unpaired) electrons. The molecule has 8 N–H and O–H groups in total. The Morgan fingerprint density at radius 3 is 2.51 bits per heavy atom. The summed E-state index contributed by atoms with van der Waals surface area (Å²) >= 11 is 4.09. The second kappa shape index (κ2) is 12.0. The lowest BCUT2D eigenvalue weighted by atomic mass is 10.0. The fourth-order valence-corrected chi connectivity index (χ4v) is 3.71. The first kappa shape index (κ1) is 25.8. The van der Waals surface area contributed by atoms with Gasteiger partial charge in [0.1, 0.15) is 12.1 Å². The van der Waals surface area contributed by atoms with Gasteiger partial charge in [0.05, 0.1) is 18.9 Å². The number of para-hydroxylation sites is 1. The van der Waals surface area contributed by atoms with E-state index in [0.29, 0.717) is 5.69 Å².